The van der Waals surface area contributed by atoms with E-state index in [-0.39, 0.29) is 0 Å². The average molecular weight is 327 g/mol. The molecule has 2 rings (SSSR count). The molecular weight excluding hydrogens is 304 g/mol. The van der Waals surface area contributed by atoms with E-state index in [4.69, 9.17) is 10.5 Å². The minimum absolute atomic E-state index is 0.364. The van der Waals surface area contributed by atoms with Gasteiger partial charge in [-0.25, -0.2) is 0 Å². The van der Waals surface area contributed by atoms with Crippen LogP contribution >= 0.6 is 15.9 Å². The number of anilines is 1. The number of hydrogen-bond donors (Lipinski definition) is 1. The fourth-order valence-corrected chi connectivity index (χ4v) is 2.96. The van der Waals surface area contributed by atoms with Crippen LogP contribution in [0.3, 0.4) is 0 Å². The smallest absolute Gasteiger partial charge is 0.0749 e. The van der Waals surface area contributed by atoms with E-state index in [9.17, 15) is 0 Å². The summed E-state index contributed by atoms with van der Waals surface area (Å²) in [5, 5.41) is 0. The van der Waals surface area contributed by atoms with Crippen LogP contribution in [0.4, 0.5) is 5.69 Å². The molecule has 1 saturated heterocycles. The van der Waals surface area contributed by atoms with E-state index >= 15 is 0 Å². The molecule has 0 aliphatic carbocycles. The first kappa shape index (κ1) is 14.8. The van der Waals surface area contributed by atoms with Crippen LogP contribution < -0.4 is 10.6 Å². The molecule has 0 bridgehead atoms. The zero-order valence-corrected chi connectivity index (χ0v) is 13.2. The molecule has 1 aliphatic rings. The van der Waals surface area contributed by atoms with Crippen molar-refractivity contribution in [3.63, 3.8) is 0 Å². The van der Waals surface area contributed by atoms with Gasteiger partial charge in [0, 0.05) is 30.4 Å². The summed E-state index contributed by atoms with van der Waals surface area (Å²) in [7, 11) is 2.14. The minimum Gasteiger partial charge on any atom is -0.376 e. The summed E-state index contributed by atoms with van der Waals surface area (Å²) < 4.78 is 6.93. The summed E-state index contributed by atoms with van der Waals surface area (Å²) >= 11 is 3.55. The number of ether oxygens (including phenoxy) is 1. The molecule has 3 nitrogen and oxygen atoms in total. The Bertz CT molecular complexity index is 405. The lowest BCUT2D eigenvalue weighted by Crippen LogP contribution is -2.33. The van der Waals surface area contributed by atoms with Crippen LogP contribution in [0.25, 0.3) is 0 Å². The molecule has 1 atom stereocenters. The molecule has 1 aliphatic heterocycles. The van der Waals surface area contributed by atoms with Crippen LogP contribution in [-0.4, -0.2) is 32.8 Å². The number of halogens is 1. The molecule has 1 fully saturated rings. The molecule has 1 aromatic carbocycles. The highest BCUT2D eigenvalue weighted by Gasteiger charge is 2.17. The average Bonchev–Trinajstić information content (AvgIpc) is 2.42. The third-order valence-corrected chi connectivity index (χ3v) is 4.12. The van der Waals surface area contributed by atoms with Crippen LogP contribution in [-0.2, 0) is 11.2 Å². The van der Waals surface area contributed by atoms with Crippen LogP contribution in [0.2, 0.25) is 0 Å². The van der Waals surface area contributed by atoms with Crippen molar-refractivity contribution in [3.8, 4) is 0 Å². The van der Waals surface area contributed by atoms with Gasteiger partial charge in [-0.2, -0.15) is 0 Å². The van der Waals surface area contributed by atoms with Gasteiger partial charge in [-0.15, -0.1) is 0 Å². The molecule has 4 heteroatoms. The summed E-state index contributed by atoms with van der Waals surface area (Å²) in [5.74, 6) is 0. The first-order valence-corrected chi connectivity index (χ1v) is 7.81. The fourth-order valence-electron chi connectivity index (χ4n) is 2.61. The maximum absolute atomic E-state index is 5.82. The Hall–Kier alpha value is -0.580. The van der Waals surface area contributed by atoms with Crippen molar-refractivity contribution in [2.75, 3.05) is 31.6 Å². The van der Waals surface area contributed by atoms with E-state index in [1.54, 1.807) is 0 Å². The molecule has 0 spiro atoms. The lowest BCUT2D eigenvalue weighted by atomic mass is 10.1. The highest BCUT2D eigenvalue weighted by Crippen LogP contribution is 2.26. The van der Waals surface area contributed by atoms with Crippen molar-refractivity contribution in [3.05, 3.63) is 28.2 Å². The Morgan fingerprint density at radius 2 is 2.26 bits per heavy atom. The largest absolute Gasteiger partial charge is 0.376 e. The van der Waals surface area contributed by atoms with E-state index < -0.39 is 0 Å². The zero-order chi connectivity index (χ0) is 13.7. The minimum atomic E-state index is 0.364. The van der Waals surface area contributed by atoms with E-state index in [1.807, 2.05) is 0 Å². The lowest BCUT2D eigenvalue weighted by Gasteiger charge is -2.30. The number of nitrogens with two attached hydrogens (primary N) is 1. The summed E-state index contributed by atoms with van der Waals surface area (Å²) in [6.07, 6.45) is 4.94. The Balaban J connectivity index is 2.07. The summed E-state index contributed by atoms with van der Waals surface area (Å²) in [6.45, 7) is 2.54. The Morgan fingerprint density at radius 3 is 2.95 bits per heavy atom. The molecule has 2 N–H and O–H groups in total. The first-order valence-electron chi connectivity index (χ1n) is 7.02. The highest BCUT2D eigenvalue weighted by molar-refractivity contribution is 9.10. The van der Waals surface area contributed by atoms with Gasteiger partial charge in [-0.3, -0.25) is 0 Å². The normalized spacial score (nSPS) is 19.4. The van der Waals surface area contributed by atoms with Gasteiger partial charge >= 0.3 is 0 Å². The molecule has 0 amide bonds. The van der Waals surface area contributed by atoms with Gasteiger partial charge in [0.2, 0.25) is 0 Å². The third kappa shape index (κ3) is 4.20. The lowest BCUT2D eigenvalue weighted by molar-refractivity contribution is 0.0216. The van der Waals surface area contributed by atoms with Crippen molar-refractivity contribution in [2.24, 2.45) is 5.73 Å². The van der Waals surface area contributed by atoms with E-state index in [0.717, 1.165) is 24.0 Å². The summed E-state index contributed by atoms with van der Waals surface area (Å²) in [5.41, 5.74) is 8.26. The van der Waals surface area contributed by atoms with E-state index in [1.165, 1.54) is 30.5 Å². The van der Waals surface area contributed by atoms with E-state index in [2.05, 4.69) is 46.1 Å². The zero-order valence-electron chi connectivity index (χ0n) is 11.6. The predicted molar refractivity (Wildman–Crippen MR) is 83.8 cm³/mol. The third-order valence-electron chi connectivity index (χ3n) is 3.62. The van der Waals surface area contributed by atoms with Gasteiger partial charge in [0.05, 0.1) is 6.10 Å². The molecular formula is C15H23BrN2O. The Morgan fingerprint density at radius 1 is 1.42 bits per heavy atom. The van der Waals surface area contributed by atoms with Crippen LogP contribution in [0.5, 0.6) is 0 Å². The Labute approximate surface area is 124 Å². The predicted octanol–water partition coefficient (Wildman–Crippen LogP) is 2.96. The quantitative estimate of drug-likeness (QED) is 0.904. The topological polar surface area (TPSA) is 38.5 Å². The molecule has 1 aromatic rings. The maximum Gasteiger partial charge on any atom is 0.0749 e. The van der Waals surface area contributed by atoms with Crippen molar-refractivity contribution in [1.29, 1.82) is 0 Å². The van der Waals surface area contributed by atoms with Gasteiger partial charge < -0.3 is 15.4 Å². The van der Waals surface area contributed by atoms with Gasteiger partial charge in [0.1, 0.15) is 0 Å². The first-order chi connectivity index (χ1) is 9.20. The highest BCUT2D eigenvalue weighted by atomic mass is 79.9. The second-order valence-electron chi connectivity index (χ2n) is 5.18. The number of benzene rings is 1. The number of nitrogens with zero attached hydrogens (tertiary/aromatic N) is 1. The van der Waals surface area contributed by atoms with E-state index in [0.29, 0.717) is 12.6 Å². The van der Waals surface area contributed by atoms with Crippen molar-refractivity contribution < 1.29 is 4.74 Å². The van der Waals surface area contributed by atoms with Crippen molar-refractivity contribution in [2.45, 2.75) is 31.8 Å². The number of hydrogen-bond acceptors (Lipinski definition) is 3. The monoisotopic (exact) mass is 326 g/mol. The Kier molecular flexibility index (Phi) is 5.67. The molecule has 0 radical (unpaired) electrons. The van der Waals surface area contributed by atoms with Gasteiger partial charge in [-0.1, -0.05) is 22.0 Å². The fraction of sp³-hybridized carbons (Fsp3) is 0.600. The number of likely N-dealkylation sites (N-methyl/N-ethyl adjacent to an activating group) is 1. The SMILES string of the molecule is CN(CC1CCCCO1)c1cc(Br)ccc1CCN. The molecule has 1 unspecified atom stereocenters. The van der Waals surface area contributed by atoms with Gasteiger partial charge in [0.15, 0.2) is 0 Å². The molecule has 19 heavy (non-hydrogen) atoms. The summed E-state index contributed by atoms with van der Waals surface area (Å²) in [6, 6.07) is 6.41. The molecule has 0 aromatic heterocycles. The number of rotatable bonds is 5. The molecule has 1 heterocycles. The van der Waals surface area contributed by atoms with Gasteiger partial charge in [0.25, 0.3) is 0 Å². The second kappa shape index (κ2) is 7.27. The van der Waals surface area contributed by atoms with Crippen LogP contribution in [0.1, 0.15) is 24.8 Å². The molecule has 106 valence electrons. The van der Waals surface area contributed by atoms with Crippen LogP contribution in [0, 0.1) is 0 Å². The standard InChI is InChI=1S/C15H23BrN2O/c1-18(11-14-4-2-3-9-19-14)15-10-13(16)6-5-12(15)7-8-17/h5-6,10,14H,2-4,7-9,11,17H2,1H3. The second-order valence-corrected chi connectivity index (χ2v) is 6.10. The maximum atomic E-state index is 5.82. The van der Waals surface area contributed by atoms with Crippen molar-refractivity contribution in [1.82, 2.24) is 0 Å². The summed E-state index contributed by atoms with van der Waals surface area (Å²) in [4.78, 5) is 2.30. The molecule has 0 saturated carbocycles. The van der Waals surface area contributed by atoms with Crippen molar-refractivity contribution >= 4 is 21.6 Å². The van der Waals surface area contributed by atoms with Crippen LogP contribution in [0.15, 0.2) is 22.7 Å². The van der Waals surface area contributed by atoms with Gasteiger partial charge in [-0.05, 0) is 49.9 Å².